The van der Waals surface area contributed by atoms with Crippen molar-refractivity contribution in [3.8, 4) is 6.07 Å². The van der Waals surface area contributed by atoms with E-state index in [-0.39, 0.29) is 24.2 Å². The first-order valence-electron chi connectivity index (χ1n) is 6.95. The Bertz CT molecular complexity index is 565. The molecule has 1 fully saturated rings. The maximum absolute atomic E-state index is 13.1. The van der Waals surface area contributed by atoms with Crippen molar-refractivity contribution in [2.75, 3.05) is 18.4 Å². The second-order valence-corrected chi connectivity index (χ2v) is 5.23. The Morgan fingerprint density at radius 1 is 1.57 bits per heavy atom. The molecule has 1 saturated carbocycles. The Labute approximate surface area is 123 Å². The molecule has 1 aromatic rings. The van der Waals surface area contributed by atoms with Gasteiger partial charge in [-0.15, -0.1) is 0 Å². The van der Waals surface area contributed by atoms with Crippen LogP contribution in [0.15, 0.2) is 18.2 Å². The minimum Gasteiger partial charge on any atom is -0.480 e. The summed E-state index contributed by atoms with van der Waals surface area (Å²) in [5, 5.41) is 21.1. The summed E-state index contributed by atoms with van der Waals surface area (Å²) < 4.78 is 13.1. The molecule has 1 aromatic carbocycles. The molecule has 21 heavy (non-hydrogen) atoms. The highest BCUT2D eigenvalue weighted by atomic mass is 19.1. The van der Waals surface area contributed by atoms with E-state index in [1.807, 2.05) is 17.9 Å². The van der Waals surface area contributed by atoms with Gasteiger partial charge in [0.1, 0.15) is 11.9 Å². The topological polar surface area (TPSA) is 76.4 Å². The number of halogens is 1. The third-order valence-corrected chi connectivity index (χ3v) is 3.84. The van der Waals surface area contributed by atoms with Crippen molar-refractivity contribution in [2.24, 2.45) is 0 Å². The van der Waals surface area contributed by atoms with E-state index >= 15 is 0 Å². The largest absolute Gasteiger partial charge is 0.480 e. The number of nitrogens with zero attached hydrogens (tertiary/aromatic N) is 2. The van der Waals surface area contributed by atoms with Gasteiger partial charge >= 0.3 is 5.97 Å². The van der Waals surface area contributed by atoms with Crippen molar-refractivity contribution in [2.45, 2.75) is 31.8 Å². The van der Waals surface area contributed by atoms with Gasteiger partial charge in [-0.05, 0) is 37.6 Å². The molecule has 0 atom stereocenters. The molecular formula is C15H18FN3O2. The molecule has 0 aliphatic heterocycles. The monoisotopic (exact) mass is 291 g/mol. The van der Waals surface area contributed by atoms with Crippen LogP contribution in [0.1, 0.15) is 25.3 Å². The van der Waals surface area contributed by atoms with E-state index in [9.17, 15) is 9.18 Å². The Morgan fingerprint density at radius 2 is 2.29 bits per heavy atom. The molecule has 0 radical (unpaired) electrons. The number of nitriles is 1. The van der Waals surface area contributed by atoms with Crippen LogP contribution in [-0.2, 0) is 4.79 Å². The summed E-state index contributed by atoms with van der Waals surface area (Å²) in [6, 6.07) is 6.50. The van der Waals surface area contributed by atoms with Crippen LogP contribution in [0.2, 0.25) is 0 Å². The van der Waals surface area contributed by atoms with E-state index in [0.717, 1.165) is 12.8 Å². The number of carbonyl (C=O) groups is 1. The van der Waals surface area contributed by atoms with Gasteiger partial charge in [-0.3, -0.25) is 9.69 Å². The SMILES string of the molecule is CCN(CC(=O)O)C1CC(Nc2ccc(F)cc2C#N)C1. The van der Waals surface area contributed by atoms with Gasteiger partial charge in [-0.2, -0.15) is 5.26 Å². The van der Waals surface area contributed by atoms with Crippen molar-refractivity contribution >= 4 is 11.7 Å². The number of nitrogens with one attached hydrogen (secondary N) is 1. The number of rotatable bonds is 6. The minimum absolute atomic E-state index is 0.0495. The highest BCUT2D eigenvalue weighted by Gasteiger charge is 2.34. The Balaban J connectivity index is 1.91. The molecule has 1 aliphatic rings. The van der Waals surface area contributed by atoms with Crippen molar-refractivity contribution in [3.05, 3.63) is 29.6 Å². The maximum atomic E-state index is 13.1. The van der Waals surface area contributed by atoms with Crippen molar-refractivity contribution in [1.29, 1.82) is 5.26 Å². The lowest BCUT2D eigenvalue weighted by Gasteiger charge is -2.42. The molecule has 0 amide bonds. The number of aliphatic carboxylic acids is 1. The number of hydrogen-bond donors (Lipinski definition) is 2. The van der Waals surface area contributed by atoms with E-state index < -0.39 is 11.8 Å². The molecule has 0 bridgehead atoms. The highest BCUT2D eigenvalue weighted by molar-refractivity contribution is 5.69. The number of carboxylic acid groups (broad SMARTS) is 1. The minimum atomic E-state index is -0.821. The summed E-state index contributed by atoms with van der Waals surface area (Å²) >= 11 is 0. The molecule has 0 saturated heterocycles. The quantitative estimate of drug-likeness (QED) is 0.839. The lowest BCUT2D eigenvalue weighted by atomic mass is 9.85. The van der Waals surface area contributed by atoms with Gasteiger partial charge in [0.2, 0.25) is 0 Å². The van der Waals surface area contributed by atoms with Crippen LogP contribution in [0.4, 0.5) is 10.1 Å². The van der Waals surface area contributed by atoms with E-state index in [1.165, 1.54) is 12.1 Å². The lowest BCUT2D eigenvalue weighted by molar-refractivity contribution is -0.139. The second-order valence-electron chi connectivity index (χ2n) is 5.23. The summed E-state index contributed by atoms with van der Waals surface area (Å²) in [4.78, 5) is 12.7. The molecular weight excluding hydrogens is 273 g/mol. The summed E-state index contributed by atoms with van der Waals surface area (Å²) in [6.45, 7) is 2.69. The van der Waals surface area contributed by atoms with Crippen LogP contribution in [0.5, 0.6) is 0 Å². The van der Waals surface area contributed by atoms with Crippen LogP contribution >= 0.6 is 0 Å². The zero-order valence-corrected chi connectivity index (χ0v) is 11.8. The number of benzene rings is 1. The smallest absolute Gasteiger partial charge is 0.317 e. The average molecular weight is 291 g/mol. The third-order valence-electron chi connectivity index (χ3n) is 3.84. The average Bonchev–Trinajstić information content (AvgIpc) is 2.41. The number of carboxylic acids is 1. The predicted octanol–water partition coefficient (Wildman–Crippen LogP) is 2.05. The predicted molar refractivity (Wildman–Crippen MR) is 76.4 cm³/mol. The van der Waals surface area contributed by atoms with Gasteiger partial charge in [0, 0.05) is 12.1 Å². The van der Waals surface area contributed by atoms with E-state index in [0.29, 0.717) is 12.2 Å². The Morgan fingerprint density at radius 3 is 2.86 bits per heavy atom. The summed E-state index contributed by atoms with van der Waals surface area (Å²) in [5.41, 5.74) is 0.917. The summed E-state index contributed by atoms with van der Waals surface area (Å²) in [7, 11) is 0. The molecule has 112 valence electrons. The van der Waals surface area contributed by atoms with E-state index in [2.05, 4.69) is 5.32 Å². The Kier molecular flexibility index (Phi) is 4.76. The number of hydrogen-bond acceptors (Lipinski definition) is 4. The normalized spacial score (nSPS) is 20.7. The standard InChI is InChI=1S/C15H18FN3O2/c1-2-19(9-15(20)21)13-6-12(7-13)18-14-4-3-11(16)5-10(14)8-17/h3-5,12-13,18H,2,6-7,9H2,1H3,(H,20,21). The fourth-order valence-electron chi connectivity index (χ4n) is 2.63. The van der Waals surface area contributed by atoms with Gasteiger partial charge < -0.3 is 10.4 Å². The van der Waals surface area contributed by atoms with E-state index in [1.54, 1.807) is 6.07 Å². The van der Waals surface area contributed by atoms with Crippen LogP contribution in [0.3, 0.4) is 0 Å². The van der Waals surface area contributed by atoms with Gasteiger partial charge in [0.25, 0.3) is 0 Å². The fourth-order valence-corrected chi connectivity index (χ4v) is 2.63. The molecule has 2 N–H and O–H groups in total. The molecule has 0 unspecified atom stereocenters. The van der Waals surface area contributed by atoms with Gasteiger partial charge in [-0.25, -0.2) is 4.39 Å². The summed E-state index contributed by atoms with van der Waals surface area (Å²) in [6.07, 6.45) is 1.65. The number of likely N-dealkylation sites (N-methyl/N-ethyl adjacent to an activating group) is 1. The molecule has 1 aliphatic carbocycles. The van der Waals surface area contributed by atoms with Gasteiger partial charge in [0.15, 0.2) is 0 Å². The first-order valence-corrected chi connectivity index (χ1v) is 6.95. The molecule has 0 heterocycles. The van der Waals surface area contributed by atoms with Gasteiger partial charge in [-0.1, -0.05) is 6.92 Å². The van der Waals surface area contributed by atoms with Crippen molar-refractivity contribution in [3.63, 3.8) is 0 Å². The van der Waals surface area contributed by atoms with Crippen LogP contribution in [-0.4, -0.2) is 41.1 Å². The first kappa shape index (κ1) is 15.3. The molecule has 0 spiro atoms. The van der Waals surface area contributed by atoms with Crippen LogP contribution < -0.4 is 5.32 Å². The third kappa shape index (κ3) is 3.70. The van der Waals surface area contributed by atoms with E-state index in [4.69, 9.17) is 10.4 Å². The van der Waals surface area contributed by atoms with Crippen LogP contribution in [0.25, 0.3) is 0 Å². The molecule has 2 rings (SSSR count). The zero-order chi connectivity index (χ0) is 15.4. The second kappa shape index (κ2) is 6.55. The lowest BCUT2D eigenvalue weighted by Crippen LogP contribution is -2.51. The van der Waals surface area contributed by atoms with Crippen molar-refractivity contribution < 1.29 is 14.3 Å². The molecule has 0 aromatic heterocycles. The zero-order valence-electron chi connectivity index (χ0n) is 11.8. The molecule has 5 nitrogen and oxygen atoms in total. The Hall–Kier alpha value is -2.13. The maximum Gasteiger partial charge on any atom is 0.317 e. The van der Waals surface area contributed by atoms with Crippen molar-refractivity contribution in [1.82, 2.24) is 4.90 Å². The first-order chi connectivity index (χ1) is 10.0. The fraction of sp³-hybridized carbons (Fsp3) is 0.467. The highest BCUT2D eigenvalue weighted by Crippen LogP contribution is 2.29. The van der Waals surface area contributed by atoms with Gasteiger partial charge in [0.05, 0.1) is 17.8 Å². The van der Waals surface area contributed by atoms with Crippen LogP contribution in [0, 0.1) is 17.1 Å². The summed E-state index contributed by atoms with van der Waals surface area (Å²) in [5.74, 6) is -1.25. The number of anilines is 1. The molecule has 6 heteroatoms.